The van der Waals surface area contributed by atoms with Crippen LogP contribution in [0.5, 0.6) is 0 Å². The maximum absolute atomic E-state index is 11.2. The number of nitrogens with one attached hydrogen (secondary N) is 2. The van der Waals surface area contributed by atoms with Crippen LogP contribution in [0.4, 0.5) is 0 Å². The molecule has 0 aliphatic carbocycles. The standard InChI is InChI=1S/C7H8N2O3S.CH4N2S/c1-3-4(2-5(10)11)6(12)9-7(13)8-3;2-1(3)4/h2H2,1H3,(H,10,11)(H2,8,9,12,13);(H4,2,3,4). The van der Waals surface area contributed by atoms with Crippen LogP contribution in [0.15, 0.2) is 4.79 Å². The van der Waals surface area contributed by atoms with Gasteiger partial charge in [-0.25, -0.2) is 0 Å². The second-order valence-corrected chi connectivity index (χ2v) is 3.86. The summed E-state index contributed by atoms with van der Waals surface area (Å²) >= 11 is 8.79. The molecule has 0 spiro atoms. The van der Waals surface area contributed by atoms with Gasteiger partial charge in [-0.05, 0) is 31.4 Å². The normalized spacial score (nSPS) is 9.00. The van der Waals surface area contributed by atoms with Gasteiger partial charge in [0.05, 0.1) is 6.42 Å². The largest absolute Gasteiger partial charge is 0.481 e. The van der Waals surface area contributed by atoms with Crippen LogP contribution < -0.4 is 17.0 Å². The molecule has 0 amide bonds. The molecule has 0 aliphatic heterocycles. The third-order valence-electron chi connectivity index (χ3n) is 1.58. The Balaban J connectivity index is 0.000000557. The van der Waals surface area contributed by atoms with Gasteiger partial charge in [0.2, 0.25) is 0 Å². The molecule has 0 saturated heterocycles. The van der Waals surface area contributed by atoms with Crippen molar-refractivity contribution in [3.05, 3.63) is 26.4 Å². The fourth-order valence-electron chi connectivity index (χ4n) is 0.990. The van der Waals surface area contributed by atoms with Crippen molar-refractivity contribution in [2.75, 3.05) is 0 Å². The molecule has 1 aromatic heterocycles. The van der Waals surface area contributed by atoms with Gasteiger partial charge >= 0.3 is 5.97 Å². The molecule has 9 heteroatoms. The lowest BCUT2D eigenvalue weighted by Gasteiger charge is -2.00. The Kier molecular flexibility index (Phi) is 6.07. The number of aromatic amines is 2. The molecule has 0 aromatic carbocycles. The third-order valence-corrected chi connectivity index (χ3v) is 1.79. The molecule has 0 bridgehead atoms. The van der Waals surface area contributed by atoms with Crippen molar-refractivity contribution < 1.29 is 9.90 Å². The van der Waals surface area contributed by atoms with Gasteiger partial charge < -0.3 is 21.6 Å². The number of hydrogen-bond acceptors (Lipinski definition) is 4. The Bertz CT molecular complexity index is 530. The van der Waals surface area contributed by atoms with Crippen LogP contribution in [0.3, 0.4) is 0 Å². The number of aliphatic carboxylic acids is 1. The summed E-state index contributed by atoms with van der Waals surface area (Å²) in [4.78, 5) is 26.6. The summed E-state index contributed by atoms with van der Waals surface area (Å²) in [6.45, 7) is 1.61. The van der Waals surface area contributed by atoms with Crippen LogP contribution in [-0.2, 0) is 11.2 Å². The Hall–Kier alpha value is -1.74. The maximum Gasteiger partial charge on any atom is 0.308 e. The second kappa shape index (κ2) is 6.76. The van der Waals surface area contributed by atoms with Crippen LogP contribution in [0.25, 0.3) is 0 Å². The zero-order valence-electron chi connectivity index (χ0n) is 8.94. The second-order valence-electron chi connectivity index (χ2n) is 2.98. The maximum atomic E-state index is 11.2. The first-order chi connectivity index (χ1) is 7.73. The van der Waals surface area contributed by atoms with E-state index >= 15 is 0 Å². The summed E-state index contributed by atoms with van der Waals surface area (Å²) in [6, 6.07) is 0. The Morgan fingerprint density at radius 2 is 1.88 bits per heavy atom. The molecular formula is C8H12N4O3S2. The molecule has 7 N–H and O–H groups in total. The van der Waals surface area contributed by atoms with Gasteiger partial charge in [0.1, 0.15) is 0 Å². The number of rotatable bonds is 2. The summed E-state index contributed by atoms with van der Waals surface area (Å²) in [7, 11) is 0. The van der Waals surface area contributed by atoms with Crippen molar-refractivity contribution in [3.8, 4) is 0 Å². The average molecular weight is 276 g/mol. The monoisotopic (exact) mass is 276 g/mol. The Labute approximate surface area is 107 Å². The van der Waals surface area contributed by atoms with Gasteiger partial charge in [0.15, 0.2) is 9.88 Å². The fraction of sp³-hybridized carbons (Fsp3) is 0.250. The SMILES string of the molecule is Cc1[nH]c(=S)[nH]c(=O)c1CC(=O)O.NC(N)=S. The predicted octanol–water partition coefficient (Wildman–Crippen LogP) is -0.443. The minimum atomic E-state index is -1.04. The van der Waals surface area contributed by atoms with Gasteiger partial charge in [0, 0.05) is 11.3 Å². The van der Waals surface area contributed by atoms with Crippen molar-refractivity contribution in [3.63, 3.8) is 0 Å². The highest BCUT2D eigenvalue weighted by atomic mass is 32.1. The molecule has 0 fully saturated rings. The van der Waals surface area contributed by atoms with Gasteiger partial charge in [-0.3, -0.25) is 14.6 Å². The van der Waals surface area contributed by atoms with Gasteiger partial charge in [-0.15, -0.1) is 0 Å². The molecule has 1 aromatic rings. The number of aromatic nitrogens is 2. The first kappa shape index (κ1) is 15.3. The molecule has 0 saturated carbocycles. The number of aryl methyl sites for hydroxylation is 1. The molecule has 94 valence electrons. The van der Waals surface area contributed by atoms with E-state index in [1.807, 2.05) is 0 Å². The zero-order valence-corrected chi connectivity index (χ0v) is 10.6. The highest BCUT2D eigenvalue weighted by molar-refractivity contribution is 7.80. The van der Waals surface area contributed by atoms with Gasteiger partial charge in [-0.2, -0.15) is 0 Å². The number of carboxylic acid groups (broad SMARTS) is 1. The summed E-state index contributed by atoms with van der Waals surface area (Å²) in [6.07, 6.45) is -0.298. The lowest BCUT2D eigenvalue weighted by Crippen LogP contribution is -2.19. The zero-order chi connectivity index (χ0) is 13.6. The van der Waals surface area contributed by atoms with Gasteiger partial charge in [-0.1, -0.05) is 0 Å². The average Bonchev–Trinajstić information content (AvgIpc) is 2.09. The van der Waals surface area contributed by atoms with E-state index in [-0.39, 0.29) is 21.9 Å². The Morgan fingerprint density at radius 3 is 2.24 bits per heavy atom. The van der Waals surface area contributed by atoms with Crippen molar-refractivity contribution in [1.29, 1.82) is 0 Å². The molecule has 0 atom stereocenters. The number of nitrogens with two attached hydrogens (primary N) is 2. The molecule has 0 radical (unpaired) electrons. The lowest BCUT2D eigenvalue weighted by atomic mass is 10.2. The smallest absolute Gasteiger partial charge is 0.308 e. The topological polar surface area (TPSA) is 138 Å². The van der Waals surface area contributed by atoms with Crippen LogP contribution in [0, 0.1) is 11.7 Å². The van der Waals surface area contributed by atoms with Crippen molar-refractivity contribution in [1.82, 2.24) is 9.97 Å². The molecule has 0 aliphatic rings. The lowest BCUT2D eigenvalue weighted by molar-refractivity contribution is -0.136. The minimum Gasteiger partial charge on any atom is -0.481 e. The Morgan fingerprint density at radius 1 is 1.41 bits per heavy atom. The van der Waals surface area contributed by atoms with Gasteiger partial charge in [0.25, 0.3) is 5.56 Å². The minimum absolute atomic E-state index is 0.000000000000000222. The number of H-pyrrole nitrogens is 2. The highest BCUT2D eigenvalue weighted by Gasteiger charge is 2.08. The van der Waals surface area contributed by atoms with E-state index in [2.05, 4.69) is 33.7 Å². The predicted molar refractivity (Wildman–Crippen MR) is 69.3 cm³/mol. The van der Waals surface area contributed by atoms with E-state index in [1.165, 1.54) is 0 Å². The van der Waals surface area contributed by atoms with Crippen molar-refractivity contribution in [2.45, 2.75) is 13.3 Å². The first-order valence-corrected chi connectivity index (χ1v) is 5.14. The molecule has 1 heterocycles. The van der Waals surface area contributed by atoms with E-state index < -0.39 is 11.5 Å². The van der Waals surface area contributed by atoms with Crippen LogP contribution >= 0.6 is 24.4 Å². The quantitative estimate of drug-likeness (QED) is 0.461. The molecular weight excluding hydrogens is 264 g/mol. The molecule has 17 heavy (non-hydrogen) atoms. The summed E-state index contributed by atoms with van der Waals surface area (Å²) in [5.74, 6) is -1.04. The fourth-order valence-corrected chi connectivity index (χ4v) is 1.24. The number of thiocarbonyl (C=S) groups is 1. The number of carboxylic acids is 1. The van der Waals surface area contributed by atoms with Crippen LogP contribution in [0.2, 0.25) is 0 Å². The van der Waals surface area contributed by atoms with E-state index in [9.17, 15) is 9.59 Å². The van der Waals surface area contributed by atoms with Crippen molar-refractivity contribution in [2.24, 2.45) is 11.5 Å². The van der Waals surface area contributed by atoms with E-state index in [1.54, 1.807) is 6.92 Å². The molecule has 1 rings (SSSR count). The third kappa shape index (κ3) is 6.43. The summed E-state index contributed by atoms with van der Waals surface area (Å²) in [5, 5.41) is 8.49. The summed E-state index contributed by atoms with van der Waals surface area (Å²) in [5.41, 5.74) is 9.51. The first-order valence-electron chi connectivity index (χ1n) is 4.32. The van der Waals surface area contributed by atoms with Crippen molar-refractivity contribution >= 4 is 35.5 Å². The molecule has 0 unspecified atom stereocenters. The van der Waals surface area contributed by atoms with E-state index in [4.69, 9.17) is 17.3 Å². The van der Waals surface area contributed by atoms with Crippen LogP contribution in [-0.4, -0.2) is 26.2 Å². The number of hydrogen-bond donors (Lipinski definition) is 5. The number of carbonyl (C=O) groups is 1. The summed E-state index contributed by atoms with van der Waals surface area (Å²) < 4.78 is 0.205. The van der Waals surface area contributed by atoms with E-state index in [0.29, 0.717) is 5.69 Å². The van der Waals surface area contributed by atoms with E-state index in [0.717, 1.165) is 0 Å². The molecule has 7 nitrogen and oxygen atoms in total. The highest BCUT2D eigenvalue weighted by Crippen LogP contribution is 1.97. The van der Waals surface area contributed by atoms with Crippen LogP contribution in [0.1, 0.15) is 11.3 Å².